The first-order valence-corrected chi connectivity index (χ1v) is 8.67. The van der Waals surface area contributed by atoms with Gasteiger partial charge in [0.05, 0.1) is 11.0 Å². The molecular formula is C18H29N5. The minimum Gasteiger partial charge on any atom is -0.357 e. The smallest absolute Gasteiger partial charge is 0.193 e. The third-order valence-corrected chi connectivity index (χ3v) is 3.82. The van der Waals surface area contributed by atoms with Crippen LogP contribution in [0.1, 0.15) is 38.9 Å². The molecule has 0 fully saturated rings. The van der Waals surface area contributed by atoms with Gasteiger partial charge < -0.3 is 15.2 Å². The van der Waals surface area contributed by atoms with E-state index in [1.54, 1.807) is 0 Å². The third-order valence-electron chi connectivity index (χ3n) is 3.82. The minimum atomic E-state index is 0.815. The Balaban J connectivity index is 1.85. The molecule has 0 saturated carbocycles. The molecule has 2 rings (SSSR count). The average Bonchev–Trinajstić information content (AvgIpc) is 2.98. The molecule has 0 aliphatic carbocycles. The summed E-state index contributed by atoms with van der Waals surface area (Å²) in [5, 5.41) is 3.36. The minimum absolute atomic E-state index is 0.815. The first-order valence-electron chi connectivity index (χ1n) is 8.67. The Morgan fingerprint density at radius 2 is 2.09 bits per heavy atom. The predicted molar refractivity (Wildman–Crippen MR) is 97.9 cm³/mol. The molecule has 126 valence electrons. The fourth-order valence-electron chi connectivity index (χ4n) is 2.53. The van der Waals surface area contributed by atoms with Crippen LogP contribution in [-0.2, 0) is 6.42 Å². The van der Waals surface area contributed by atoms with Gasteiger partial charge in [0.25, 0.3) is 0 Å². The highest BCUT2D eigenvalue weighted by atomic mass is 15.3. The Labute approximate surface area is 139 Å². The predicted octanol–water partition coefficient (Wildman–Crippen LogP) is 3.19. The van der Waals surface area contributed by atoms with Crippen molar-refractivity contribution in [1.29, 1.82) is 0 Å². The molecule has 0 aliphatic rings. The van der Waals surface area contributed by atoms with Crippen molar-refractivity contribution >= 4 is 17.0 Å². The molecule has 2 aromatic rings. The number of nitrogens with zero attached hydrogens (tertiary/aromatic N) is 3. The third kappa shape index (κ3) is 5.27. The fourth-order valence-corrected chi connectivity index (χ4v) is 2.53. The van der Waals surface area contributed by atoms with Crippen LogP contribution >= 0.6 is 0 Å². The second-order valence-electron chi connectivity index (χ2n) is 5.81. The van der Waals surface area contributed by atoms with Gasteiger partial charge in [0.2, 0.25) is 0 Å². The Bertz CT molecular complexity index is 584. The largest absolute Gasteiger partial charge is 0.357 e. The number of H-pyrrole nitrogens is 1. The van der Waals surface area contributed by atoms with E-state index in [0.29, 0.717) is 0 Å². The zero-order valence-electron chi connectivity index (χ0n) is 14.6. The molecule has 0 spiro atoms. The van der Waals surface area contributed by atoms with Crippen LogP contribution in [0.3, 0.4) is 0 Å². The second-order valence-corrected chi connectivity index (χ2v) is 5.81. The van der Waals surface area contributed by atoms with Crippen molar-refractivity contribution in [3.8, 4) is 0 Å². The maximum Gasteiger partial charge on any atom is 0.193 e. The molecule has 1 heterocycles. The van der Waals surface area contributed by atoms with Crippen molar-refractivity contribution in [3.63, 3.8) is 0 Å². The Morgan fingerprint density at radius 3 is 2.83 bits per heavy atom. The quantitative estimate of drug-likeness (QED) is 0.447. The fraction of sp³-hybridized carbons (Fsp3) is 0.556. The summed E-state index contributed by atoms with van der Waals surface area (Å²) in [6.45, 7) is 7.09. The van der Waals surface area contributed by atoms with E-state index in [0.717, 1.165) is 55.3 Å². The molecule has 5 heteroatoms. The molecule has 23 heavy (non-hydrogen) atoms. The highest BCUT2D eigenvalue weighted by molar-refractivity contribution is 5.79. The van der Waals surface area contributed by atoms with Crippen molar-refractivity contribution in [1.82, 2.24) is 20.2 Å². The number of rotatable bonds is 8. The first kappa shape index (κ1) is 17.3. The summed E-state index contributed by atoms with van der Waals surface area (Å²) in [6, 6.07) is 8.16. The van der Waals surface area contributed by atoms with E-state index in [1.807, 2.05) is 18.2 Å². The number of aryl methyl sites for hydroxylation is 1. The van der Waals surface area contributed by atoms with Gasteiger partial charge in [-0.3, -0.25) is 4.99 Å². The van der Waals surface area contributed by atoms with Crippen molar-refractivity contribution in [2.75, 3.05) is 26.7 Å². The van der Waals surface area contributed by atoms with Crippen molar-refractivity contribution < 1.29 is 0 Å². The summed E-state index contributed by atoms with van der Waals surface area (Å²) in [5.74, 6) is 2.05. The molecule has 0 unspecified atom stereocenters. The number of fused-ring (bicyclic) bond motifs is 1. The van der Waals surface area contributed by atoms with Crippen LogP contribution in [0.5, 0.6) is 0 Å². The molecule has 2 N–H and O–H groups in total. The van der Waals surface area contributed by atoms with E-state index in [2.05, 4.69) is 47.1 Å². The van der Waals surface area contributed by atoms with Crippen molar-refractivity contribution in [2.24, 2.45) is 4.99 Å². The van der Waals surface area contributed by atoms with E-state index in [1.165, 1.54) is 12.8 Å². The van der Waals surface area contributed by atoms with Crippen molar-refractivity contribution in [2.45, 2.75) is 39.5 Å². The van der Waals surface area contributed by atoms with Crippen molar-refractivity contribution in [3.05, 3.63) is 30.1 Å². The molecule has 1 aromatic heterocycles. The number of imidazole rings is 1. The van der Waals surface area contributed by atoms with E-state index in [9.17, 15) is 0 Å². The normalized spacial score (nSPS) is 11.9. The number of aliphatic imine (C=N–C) groups is 1. The zero-order chi connectivity index (χ0) is 16.5. The summed E-state index contributed by atoms with van der Waals surface area (Å²) in [7, 11) is 2.11. The Hall–Kier alpha value is -2.04. The van der Waals surface area contributed by atoms with Gasteiger partial charge in [0.1, 0.15) is 5.82 Å². The molecule has 0 radical (unpaired) electrons. The van der Waals surface area contributed by atoms with Crippen LogP contribution in [-0.4, -0.2) is 47.5 Å². The lowest BCUT2D eigenvalue weighted by Gasteiger charge is -2.21. The number of hydrogen-bond acceptors (Lipinski definition) is 2. The zero-order valence-corrected chi connectivity index (χ0v) is 14.6. The van der Waals surface area contributed by atoms with Crippen LogP contribution in [0.2, 0.25) is 0 Å². The molecular weight excluding hydrogens is 286 g/mol. The van der Waals surface area contributed by atoms with Crippen LogP contribution in [0.15, 0.2) is 29.3 Å². The van der Waals surface area contributed by atoms with Crippen LogP contribution in [0.4, 0.5) is 0 Å². The number of nitrogens with one attached hydrogen (secondary N) is 2. The summed E-state index contributed by atoms with van der Waals surface area (Å²) in [5.41, 5.74) is 2.15. The lowest BCUT2D eigenvalue weighted by atomic mass is 10.3. The molecule has 0 aliphatic heterocycles. The summed E-state index contributed by atoms with van der Waals surface area (Å²) in [4.78, 5) is 14.9. The first-order chi connectivity index (χ1) is 11.2. The highest BCUT2D eigenvalue weighted by Gasteiger charge is 2.05. The van der Waals surface area contributed by atoms with Gasteiger partial charge in [-0.2, -0.15) is 0 Å². The molecule has 0 amide bonds. The molecule has 5 nitrogen and oxygen atoms in total. The number of aromatic nitrogens is 2. The van der Waals surface area contributed by atoms with Gasteiger partial charge in [-0.1, -0.05) is 25.5 Å². The number of para-hydroxylation sites is 2. The monoisotopic (exact) mass is 315 g/mol. The molecule has 0 atom stereocenters. The van der Waals surface area contributed by atoms with Gasteiger partial charge in [0, 0.05) is 33.1 Å². The summed E-state index contributed by atoms with van der Waals surface area (Å²) < 4.78 is 0. The number of guanidine groups is 1. The standard InChI is InChI=1S/C18H29N5/c1-4-6-14-23(3)18(19-5-2)20-13-9-12-17-21-15-10-7-8-11-16(15)22-17/h7-8,10-11H,4-6,9,12-14H2,1-3H3,(H,19,20)(H,21,22). The topological polar surface area (TPSA) is 56.3 Å². The number of benzene rings is 1. The SMILES string of the molecule is CCCCN(C)C(=NCCCc1nc2ccccc2[nH]1)NCC. The van der Waals surface area contributed by atoms with E-state index in [4.69, 9.17) is 4.99 Å². The second kappa shape index (κ2) is 9.18. The maximum atomic E-state index is 4.73. The van der Waals surface area contributed by atoms with E-state index >= 15 is 0 Å². The molecule has 0 saturated heterocycles. The maximum absolute atomic E-state index is 4.73. The van der Waals surface area contributed by atoms with Gasteiger partial charge in [-0.05, 0) is 31.9 Å². The molecule has 1 aromatic carbocycles. The van der Waals surface area contributed by atoms with Crippen LogP contribution in [0, 0.1) is 0 Å². The Kier molecular flexibility index (Phi) is 6.91. The van der Waals surface area contributed by atoms with E-state index in [-0.39, 0.29) is 0 Å². The molecule has 0 bridgehead atoms. The summed E-state index contributed by atoms with van der Waals surface area (Å²) >= 11 is 0. The lowest BCUT2D eigenvalue weighted by Crippen LogP contribution is -2.39. The number of hydrogen-bond donors (Lipinski definition) is 2. The van der Waals surface area contributed by atoms with Gasteiger partial charge in [-0.25, -0.2) is 4.98 Å². The van der Waals surface area contributed by atoms with E-state index < -0.39 is 0 Å². The number of unbranched alkanes of at least 4 members (excludes halogenated alkanes) is 1. The van der Waals surface area contributed by atoms with Gasteiger partial charge >= 0.3 is 0 Å². The van der Waals surface area contributed by atoms with Gasteiger partial charge in [-0.15, -0.1) is 0 Å². The Morgan fingerprint density at radius 1 is 1.26 bits per heavy atom. The van der Waals surface area contributed by atoms with Crippen LogP contribution in [0.25, 0.3) is 11.0 Å². The highest BCUT2D eigenvalue weighted by Crippen LogP contribution is 2.11. The van der Waals surface area contributed by atoms with Crippen LogP contribution < -0.4 is 5.32 Å². The number of aromatic amines is 1. The average molecular weight is 315 g/mol. The summed E-state index contributed by atoms with van der Waals surface area (Å²) in [6.07, 6.45) is 4.32. The lowest BCUT2D eigenvalue weighted by molar-refractivity contribution is 0.464. The van der Waals surface area contributed by atoms with Gasteiger partial charge in [0.15, 0.2) is 5.96 Å².